The van der Waals surface area contributed by atoms with Crippen LogP contribution in [0.15, 0.2) is 70.5 Å². The van der Waals surface area contributed by atoms with Crippen LogP contribution in [0.5, 0.6) is 0 Å². The number of carbonyl (C=O) groups excluding carboxylic acids is 1. The molecule has 1 aromatic carbocycles. The molecule has 0 aliphatic carbocycles. The molecule has 2 aliphatic rings. The number of hydrazone groups is 1. The Balaban J connectivity index is 1.17. The monoisotopic (exact) mass is 464 g/mol. The summed E-state index contributed by atoms with van der Waals surface area (Å²) in [5.41, 5.74) is 2.41. The lowest BCUT2D eigenvalue weighted by molar-refractivity contribution is -0.134. The first-order chi connectivity index (χ1) is 15.8. The van der Waals surface area contributed by atoms with E-state index < -0.39 is 0 Å². The van der Waals surface area contributed by atoms with Gasteiger partial charge in [0.15, 0.2) is 0 Å². The molecular formula is C25H28N4OS2. The summed E-state index contributed by atoms with van der Waals surface area (Å²) in [5.74, 6) is 0.104. The molecule has 1 amide bonds. The number of thiophene rings is 2. The number of rotatable bonds is 7. The van der Waals surface area contributed by atoms with Crippen LogP contribution in [-0.2, 0) is 11.2 Å². The van der Waals surface area contributed by atoms with Gasteiger partial charge in [0.1, 0.15) is 0 Å². The second-order valence-electron chi connectivity index (χ2n) is 8.35. The van der Waals surface area contributed by atoms with Crippen LogP contribution in [-0.4, -0.2) is 65.7 Å². The first-order valence-electron chi connectivity index (χ1n) is 11.2. The highest BCUT2D eigenvalue weighted by molar-refractivity contribution is 7.12. The fourth-order valence-corrected chi connectivity index (χ4v) is 5.93. The fraction of sp³-hybridized carbons (Fsp3) is 0.360. The summed E-state index contributed by atoms with van der Waals surface area (Å²) in [5, 5.41) is 10.7. The zero-order valence-corrected chi connectivity index (χ0v) is 19.7. The van der Waals surface area contributed by atoms with Gasteiger partial charge in [-0.1, -0.05) is 42.5 Å². The standard InChI is InChI=1S/C25H28N4OS2/c30-25(19-28-14-12-27(13-15-28)11-10-20-6-2-1-3-7-20)29-22(24-9-5-17-32-24)18-21(26-29)23-8-4-16-31-23/h1-9,16-17,22H,10-15,18-19H2. The van der Waals surface area contributed by atoms with Crippen LogP contribution in [0.1, 0.15) is 27.8 Å². The topological polar surface area (TPSA) is 39.2 Å². The Morgan fingerprint density at radius 3 is 2.38 bits per heavy atom. The quantitative estimate of drug-likeness (QED) is 0.522. The average molecular weight is 465 g/mol. The Hall–Kier alpha value is -2.32. The molecule has 0 bridgehead atoms. The maximum atomic E-state index is 13.3. The first-order valence-corrected chi connectivity index (χ1v) is 13.0. The molecule has 0 radical (unpaired) electrons. The Kier molecular flexibility index (Phi) is 6.78. The minimum absolute atomic E-state index is 0.0201. The summed E-state index contributed by atoms with van der Waals surface area (Å²) < 4.78 is 0. The van der Waals surface area contributed by atoms with Crippen LogP contribution in [0, 0.1) is 0 Å². The highest BCUT2D eigenvalue weighted by atomic mass is 32.1. The molecule has 4 heterocycles. The predicted octanol–water partition coefficient (Wildman–Crippen LogP) is 4.35. The van der Waals surface area contributed by atoms with Gasteiger partial charge in [-0.3, -0.25) is 9.69 Å². The van der Waals surface area contributed by atoms with Crippen molar-refractivity contribution in [3.8, 4) is 0 Å². The van der Waals surface area contributed by atoms with Crippen molar-refractivity contribution in [2.45, 2.75) is 18.9 Å². The van der Waals surface area contributed by atoms with E-state index in [-0.39, 0.29) is 11.9 Å². The largest absolute Gasteiger partial charge is 0.300 e. The van der Waals surface area contributed by atoms with Crippen molar-refractivity contribution in [2.75, 3.05) is 39.3 Å². The van der Waals surface area contributed by atoms with Crippen LogP contribution >= 0.6 is 22.7 Å². The van der Waals surface area contributed by atoms with E-state index in [0.29, 0.717) is 6.54 Å². The molecule has 7 heteroatoms. The minimum atomic E-state index is 0.0201. The number of nitrogens with zero attached hydrogens (tertiary/aromatic N) is 4. The Labute approximate surface area is 197 Å². The van der Waals surface area contributed by atoms with E-state index in [1.165, 1.54) is 10.4 Å². The molecule has 166 valence electrons. The van der Waals surface area contributed by atoms with Gasteiger partial charge in [0.25, 0.3) is 5.91 Å². The molecule has 0 N–H and O–H groups in total. The number of benzene rings is 1. The van der Waals surface area contributed by atoms with Crippen molar-refractivity contribution in [2.24, 2.45) is 5.10 Å². The van der Waals surface area contributed by atoms with Gasteiger partial charge in [-0.05, 0) is 34.9 Å². The Morgan fingerprint density at radius 1 is 0.906 bits per heavy atom. The van der Waals surface area contributed by atoms with Crippen LogP contribution in [0.2, 0.25) is 0 Å². The summed E-state index contributed by atoms with van der Waals surface area (Å²) in [6.07, 6.45) is 1.87. The minimum Gasteiger partial charge on any atom is -0.300 e. The van der Waals surface area contributed by atoms with Gasteiger partial charge < -0.3 is 4.90 Å². The van der Waals surface area contributed by atoms with E-state index in [9.17, 15) is 4.79 Å². The van der Waals surface area contributed by atoms with Crippen LogP contribution in [0.25, 0.3) is 0 Å². The maximum absolute atomic E-state index is 13.3. The smallest absolute Gasteiger partial charge is 0.257 e. The van der Waals surface area contributed by atoms with Gasteiger partial charge in [-0.2, -0.15) is 5.10 Å². The predicted molar refractivity (Wildman–Crippen MR) is 132 cm³/mol. The van der Waals surface area contributed by atoms with Crippen LogP contribution < -0.4 is 0 Å². The van der Waals surface area contributed by atoms with Gasteiger partial charge in [0.2, 0.25) is 0 Å². The fourth-order valence-electron chi connectivity index (χ4n) is 4.40. The molecule has 32 heavy (non-hydrogen) atoms. The molecule has 1 unspecified atom stereocenters. The molecule has 1 fully saturated rings. The van der Waals surface area contributed by atoms with Crippen molar-refractivity contribution in [1.29, 1.82) is 0 Å². The summed E-state index contributed by atoms with van der Waals surface area (Å²) in [6, 6.07) is 19.0. The summed E-state index contributed by atoms with van der Waals surface area (Å²) in [7, 11) is 0. The zero-order valence-electron chi connectivity index (χ0n) is 18.1. The third-order valence-corrected chi connectivity index (χ3v) is 8.12. The Morgan fingerprint density at radius 2 is 1.66 bits per heavy atom. The van der Waals surface area contributed by atoms with E-state index in [2.05, 4.69) is 69.1 Å². The van der Waals surface area contributed by atoms with Crippen LogP contribution in [0.4, 0.5) is 0 Å². The summed E-state index contributed by atoms with van der Waals surface area (Å²) in [6.45, 7) is 5.40. The molecule has 0 saturated carbocycles. The third kappa shape index (κ3) is 5.02. The van der Waals surface area contributed by atoms with E-state index in [1.807, 2.05) is 6.07 Å². The molecule has 2 aromatic heterocycles. The third-order valence-electron chi connectivity index (χ3n) is 6.23. The SMILES string of the molecule is O=C(CN1CCN(CCc2ccccc2)CC1)N1N=C(c2cccs2)CC1c1cccs1. The summed E-state index contributed by atoms with van der Waals surface area (Å²) >= 11 is 3.40. The van der Waals surface area contributed by atoms with E-state index in [4.69, 9.17) is 5.10 Å². The van der Waals surface area contributed by atoms with Gasteiger partial charge in [0.05, 0.1) is 23.2 Å². The van der Waals surface area contributed by atoms with E-state index in [1.54, 1.807) is 27.7 Å². The number of carbonyl (C=O) groups is 1. The number of piperazine rings is 1. The van der Waals surface area contributed by atoms with Crippen molar-refractivity contribution in [1.82, 2.24) is 14.8 Å². The number of hydrogen-bond donors (Lipinski definition) is 0. The normalized spacial score (nSPS) is 19.9. The van der Waals surface area contributed by atoms with Crippen LogP contribution in [0.3, 0.4) is 0 Å². The Bertz CT molecular complexity index is 1030. The maximum Gasteiger partial charge on any atom is 0.257 e. The van der Waals surface area contributed by atoms with E-state index >= 15 is 0 Å². The molecule has 1 atom stereocenters. The molecule has 5 nitrogen and oxygen atoms in total. The first kappa shape index (κ1) is 21.5. The van der Waals surface area contributed by atoms with Gasteiger partial charge in [-0.25, -0.2) is 5.01 Å². The highest BCUT2D eigenvalue weighted by Crippen LogP contribution is 2.36. The zero-order chi connectivity index (χ0) is 21.8. The molecular weight excluding hydrogens is 436 g/mol. The van der Waals surface area contributed by atoms with Gasteiger partial charge in [-0.15, -0.1) is 22.7 Å². The van der Waals surface area contributed by atoms with Crippen molar-refractivity contribution >= 4 is 34.3 Å². The summed E-state index contributed by atoms with van der Waals surface area (Å²) in [4.78, 5) is 20.5. The molecule has 1 saturated heterocycles. The van der Waals surface area contributed by atoms with Crippen molar-refractivity contribution in [3.05, 3.63) is 80.7 Å². The van der Waals surface area contributed by atoms with Crippen molar-refractivity contribution < 1.29 is 4.79 Å². The second kappa shape index (κ2) is 10.1. The molecule has 5 rings (SSSR count). The average Bonchev–Trinajstić information content (AvgIpc) is 3.60. The highest BCUT2D eigenvalue weighted by Gasteiger charge is 2.34. The molecule has 2 aliphatic heterocycles. The van der Waals surface area contributed by atoms with E-state index in [0.717, 1.165) is 56.2 Å². The lowest BCUT2D eigenvalue weighted by Crippen LogP contribution is -2.49. The number of hydrogen-bond acceptors (Lipinski definition) is 6. The van der Waals surface area contributed by atoms with Gasteiger partial charge >= 0.3 is 0 Å². The van der Waals surface area contributed by atoms with Crippen molar-refractivity contribution in [3.63, 3.8) is 0 Å². The molecule has 0 spiro atoms. The second-order valence-corrected chi connectivity index (χ2v) is 10.3. The van der Waals surface area contributed by atoms with Gasteiger partial charge in [0, 0.05) is 44.0 Å². The number of amides is 1. The molecule has 3 aromatic rings. The lowest BCUT2D eigenvalue weighted by Gasteiger charge is -2.35. The lowest BCUT2D eigenvalue weighted by atomic mass is 10.1.